The first-order valence-electron chi connectivity index (χ1n) is 31.7. The first kappa shape index (κ1) is 17.1. The van der Waals surface area contributed by atoms with Gasteiger partial charge in [-0.3, -0.25) is 0 Å². The van der Waals surface area contributed by atoms with Gasteiger partial charge >= 0.3 is 0 Å². The van der Waals surface area contributed by atoms with E-state index in [0.29, 0.717) is 11.1 Å². The van der Waals surface area contributed by atoms with Gasteiger partial charge < -0.3 is 0 Å². The molecule has 0 atom stereocenters. The molecule has 0 aliphatic carbocycles. The summed E-state index contributed by atoms with van der Waals surface area (Å²) in [5.41, 5.74) is -5.99. The second-order valence-electron chi connectivity index (χ2n) is 13.0. The van der Waals surface area contributed by atoms with Crippen molar-refractivity contribution in [2.24, 2.45) is 0 Å². The Morgan fingerprint density at radius 3 is 0.983 bits per heavy atom. The van der Waals surface area contributed by atoms with Crippen molar-refractivity contribution in [1.82, 2.24) is 15.0 Å². The van der Waals surface area contributed by atoms with Gasteiger partial charge in [0.15, 0.2) is 17.5 Å². The van der Waals surface area contributed by atoms with Crippen LogP contribution in [0.4, 0.5) is 0 Å². The van der Waals surface area contributed by atoms with Crippen LogP contribution in [0.25, 0.3) is 111 Å². The van der Waals surface area contributed by atoms with Crippen LogP contribution in [0.3, 0.4) is 0 Å². The molecule has 1 heterocycles. The summed E-state index contributed by atoms with van der Waals surface area (Å²) < 4.78 is 246. The first-order valence-corrected chi connectivity index (χ1v) is 18.2. The highest BCUT2D eigenvalue weighted by molar-refractivity contribution is 6.25. The van der Waals surface area contributed by atoms with Gasteiger partial charge in [-0.15, -0.1) is 0 Å². The van der Waals surface area contributed by atoms with E-state index in [1.165, 1.54) is 0 Å². The van der Waals surface area contributed by atoms with Crippen molar-refractivity contribution in [3.63, 3.8) is 0 Å². The quantitative estimate of drug-likeness (QED) is 0.151. The Bertz CT molecular complexity index is 4750. The van der Waals surface area contributed by atoms with Gasteiger partial charge in [-0.2, -0.15) is 0 Å². The highest BCUT2D eigenvalue weighted by Crippen LogP contribution is 2.38. The van der Waals surface area contributed by atoms with Gasteiger partial charge in [0.25, 0.3) is 0 Å². The Labute approximate surface area is 386 Å². The number of nitrogens with zero attached hydrogens (tertiary/aromatic N) is 3. The smallest absolute Gasteiger partial charge is 0.164 e. The van der Waals surface area contributed by atoms with Crippen LogP contribution in [-0.4, -0.2) is 15.0 Å². The van der Waals surface area contributed by atoms with Crippen LogP contribution < -0.4 is 0 Å². The molecular formula is C57H37N3. The normalized spacial score (nSPS) is 17.6. The van der Waals surface area contributed by atoms with Crippen LogP contribution in [-0.2, 0) is 0 Å². The minimum Gasteiger partial charge on any atom is -0.208 e. The predicted molar refractivity (Wildman–Crippen MR) is 250 cm³/mol. The Hall–Kier alpha value is -8.01. The third kappa shape index (κ3) is 6.58. The average Bonchev–Trinajstić information content (AvgIpc) is 0.726. The van der Waals surface area contributed by atoms with E-state index >= 15 is 0 Å². The van der Waals surface area contributed by atoms with E-state index in [1.807, 2.05) is 0 Å². The zero-order valence-corrected chi connectivity index (χ0v) is 30.6. The highest BCUT2D eigenvalue weighted by atomic mass is 15.0. The molecule has 10 aromatic carbocycles. The van der Waals surface area contributed by atoms with Gasteiger partial charge in [0.1, 0.15) is 0 Å². The van der Waals surface area contributed by atoms with Crippen molar-refractivity contribution < 1.29 is 37.0 Å². The number of rotatable bonds is 7. The van der Waals surface area contributed by atoms with Crippen LogP contribution in [0.15, 0.2) is 224 Å². The SMILES string of the molecule is [2H]c1c([2H])c(-c2c([2H])c([2H])c(-c3c([2H])c([2H])c(-c4nc(-c5ccccc5)nc(-c5ccccc5)n4)c([2H])c3[2H])c([2H])c2[2H])c([2H])c(-c2c([2H])c([2H])c(-c3c([2H])c([2H])c4c5c([2H])c([2H])c([2H])c([2H])c5c5c([2H])c([2H])c([2H])c([2H])c5c4c3[2H])c([2H])c2[2H])c1[2H]. The zero-order valence-electron chi connectivity index (χ0n) is 57.6. The molecule has 0 amide bonds. The molecule has 0 aliphatic heterocycles. The van der Waals surface area contributed by atoms with Crippen LogP contribution in [0, 0.1) is 0 Å². The van der Waals surface area contributed by atoms with Gasteiger partial charge in [-0.1, -0.05) is 212 Å². The van der Waals surface area contributed by atoms with Crippen molar-refractivity contribution in [3.05, 3.63) is 224 Å². The van der Waals surface area contributed by atoms with Crippen LogP contribution in [0.2, 0.25) is 0 Å². The summed E-state index contributed by atoms with van der Waals surface area (Å²) in [7, 11) is 0. The molecule has 0 saturated carbocycles. The van der Waals surface area contributed by atoms with Crippen LogP contribution in [0.5, 0.6) is 0 Å². The van der Waals surface area contributed by atoms with Crippen molar-refractivity contribution in [2.75, 3.05) is 0 Å². The standard InChI is InChI=1S/C57H37N3/c1-3-12-43(13-4-1)55-58-56(44-14-5-2-6-15-44)60-57(59-55)45-32-30-39(31-33-45)38-22-24-40(25-23-38)46-16-11-17-47(36-46)41-26-28-42(29-27-41)48-34-35-53-51-20-8-7-18-49(51)50-19-9-10-21-52(50)54(53)37-48/h1-37H/i7D,8D,9D,10D,11D,16D,17D,18D,19D,20D,21D,22D,23D,24D,25D,26D,27D,28D,29D,30D,31D,32D,33D,34D,35D,36D,37D. The van der Waals surface area contributed by atoms with Crippen molar-refractivity contribution >= 4 is 32.3 Å². The van der Waals surface area contributed by atoms with E-state index in [1.54, 1.807) is 60.7 Å². The number of aromatic nitrogens is 3. The van der Waals surface area contributed by atoms with Crippen molar-refractivity contribution in [3.8, 4) is 78.7 Å². The third-order valence-electron chi connectivity index (χ3n) is 9.36. The summed E-state index contributed by atoms with van der Waals surface area (Å²) in [4.78, 5) is 13.7. The maximum absolute atomic E-state index is 9.63. The van der Waals surface area contributed by atoms with E-state index < -0.39 is 246 Å². The lowest BCUT2D eigenvalue weighted by atomic mass is 9.91. The second kappa shape index (κ2) is 15.1. The monoisotopic (exact) mass is 790 g/mol. The largest absolute Gasteiger partial charge is 0.208 e. The predicted octanol–water partition coefficient (Wildman–Crippen LogP) is 15.0. The molecule has 280 valence electrons. The molecule has 0 spiro atoms. The molecule has 60 heavy (non-hydrogen) atoms. The molecule has 0 bridgehead atoms. The molecule has 11 aromatic rings. The number of fused-ring (bicyclic) bond motifs is 6. The fourth-order valence-corrected chi connectivity index (χ4v) is 6.47. The van der Waals surface area contributed by atoms with Gasteiger partial charge in [0.2, 0.25) is 0 Å². The minimum atomic E-state index is -1.10. The van der Waals surface area contributed by atoms with Crippen LogP contribution in [0.1, 0.15) is 37.0 Å². The number of benzene rings is 10. The van der Waals surface area contributed by atoms with Gasteiger partial charge in [0.05, 0.1) is 37.0 Å². The van der Waals surface area contributed by atoms with Gasteiger partial charge in [-0.25, -0.2) is 15.0 Å². The Balaban J connectivity index is 1.11. The van der Waals surface area contributed by atoms with E-state index in [-0.39, 0.29) is 17.5 Å². The summed E-state index contributed by atoms with van der Waals surface area (Å²) >= 11 is 0. The van der Waals surface area contributed by atoms with Crippen molar-refractivity contribution in [1.29, 1.82) is 0 Å². The molecule has 0 unspecified atom stereocenters. The van der Waals surface area contributed by atoms with E-state index in [4.69, 9.17) is 15.1 Å². The lowest BCUT2D eigenvalue weighted by Gasteiger charge is -2.12. The molecule has 3 heteroatoms. The van der Waals surface area contributed by atoms with E-state index in [0.717, 1.165) is 0 Å². The highest BCUT2D eigenvalue weighted by Gasteiger charge is 2.14. The average molecular weight is 791 g/mol. The molecule has 0 fully saturated rings. The van der Waals surface area contributed by atoms with Crippen LogP contribution >= 0.6 is 0 Å². The molecular weight excluding hydrogens is 727 g/mol. The molecule has 0 radical (unpaired) electrons. The Morgan fingerprint density at radius 2 is 0.550 bits per heavy atom. The topological polar surface area (TPSA) is 38.7 Å². The van der Waals surface area contributed by atoms with Gasteiger partial charge in [-0.05, 0) is 88.9 Å². The lowest BCUT2D eigenvalue weighted by Crippen LogP contribution is -2.00. The van der Waals surface area contributed by atoms with E-state index in [2.05, 4.69) is 15.0 Å². The van der Waals surface area contributed by atoms with Crippen molar-refractivity contribution in [2.45, 2.75) is 0 Å². The maximum Gasteiger partial charge on any atom is 0.164 e. The lowest BCUT2D eigenvalue weighted by molar-refractivity contribution is 1.07. The summed E-state index contributed by atoms with van der Waals surface area (Å²) in [6.45, 7) is 0. The summed E-state index contributed by atoms with van der Waals surface area (Å²) in [5, 5.41) is -3.06. The molecule has 1 aromatic heterocycles. The fourth-order valence-electron chi connectivity index (χ4n) is 6.47. The maximum atomic E-state index is 9.63. The Kier molecular flexibility index (Phi) is 4.28. The summed E-state index contributed by atoms with van der Waals surface area (Å²) in [6.07, 6.45) is 0. The Morgan fingerprint density at radius 1 is 0.233 bits per heavy atom. The minimum absolute atomic E-state index is 0.124. The van der Waals surface area contributed by atoms with E-state index in [9.17, 15) is 21.9 Å². The molecule has 0 aliphatic rings. The molecule has 0 N–H and O–H groups in total. The summed E-state index contributed by atoms with van der Waals surface area (Å²) in [5.74, 6) is -0.0232. The zero-order chi connectivity index (χ0) is 63.3. The number of hydrogen-bond donors (Lipinski definition) is 0. The van der Waals surface area contributed by atoms with Gasteiger partial charge in [0, 0.05) is 16.7 Å². The first-order chi connectivity index (χ1) is 41.0. The summed E-state index contributed by atoms with van der Waals surface area (Å²) in [6, 6.07) is -7.82. The fraction of sp³-hybridized carbons (Fsp3) is 0. The molecule has 11 rings (SSSR count). The molecule has 3 nitrogen and oxygen atoms in total. The second-order valence-corrected chi connectivity index (χ2v) is 13.0. The number of hydrogen-bond acceptors (Lipinski definition) is 3. The third-order valence-corrected chi connectivity index (χ3v) is 9.36. The molecule has 0 saturated heterocycles.